The normalized spacial score (nSPS) is 11.2. The lowest BCUT2D eigenvalue weighted by Gasteiger charge is -2.03. The molecule has 0 aliphatic carbocycles. The van der Waals surface area contributed by atoms with Crippen LogP contribution >= 0.6 is 28.1 Å². The van der Waals surface area contributed by atoms with E-state index in [0.29, 0.717) is 11.9 Å². The predicted octanol–water partition coefficient (Wildman–Crippen LogP) is 5.92. The minimum Gasteiger partial charge on any atom is -0.493 e. The van der Waals surface area contributed by atoms with Crippen molar-refractivity contribution in [2.24, 2.45) is 10.2 Å². The van der Waals surface area contributed by atoms with Crippen LogP contribution in [-0.4, -0.2) is 14.8 Å². The van der Waals surface area contributed by atoms with Crippen molar-refractivity contribution >= 4 is 55.5 Å². The van der Waals surface area contributed by atoms with Gasteiger partial charge in [-0.2, -0.15) is 0 Å². The lowest BCUT2D eigenvalue weighted by Crippen LogP contribution is -2.06. The third-order valence-electron chi connectivity index (χ3n) is 3.64. The molecule has 0 radical (unpaired) electrons. The van der Waals surface area contributed by atoms with Crippen LogP contribution in [0, 0.1) is 5.82 Å². The van der Waals surface area contributed by atoms with Gasteiger partial charge in [-0.15, -0.1) is 16.8 Å². The summed E-state index contributed by atoms with van der Waals surface area (Å²) in [6, 6.07) is 11.7. The van der Waals surface area contributed by atoms with Crippen LogP contribution in [0.15, 0.2) is 69.8 Å². The number of fused-ring (bicyclic) bond motifs is 1. The fourth-order valence-corrected chi connectivity index (χ4v) is 3.02. The Morgan fingerprint density at radius 2 is 2.12 bits per heavy atom. The predicted molar refractivity (Wildman–Crippen MR) is 109 cm³/mol. The second kappa shape index (κ2) is 7.76. The van der Waals surface area contributed by atoms with Gasteiger partial charge in [-0.25, -0.2) is 4.39 Å². The SMILES string of the molecule is C=CCn1c(O)c(N=NC(=S)Nc2ccccc2F)c2cc(Br)ccc21. The largest absolute Gasteiger partial charge is 0.493 e. The zero-order valence-electron chi connectivity index (χ0n) is 13.5. The zero-order valence-corrected chi connectivity index (χ0v) is 15.9. The molecule has 1 aromatic heterocycles. The molecule has 0 bridgehead atoms. The summed E-state index contributed by atoms with van der Waals surface area (Å²) in [5, 5.41) is 21.8. The Morgan fingerprint density at radius 3 is 2.85 bits per heavy atom. The Bertz CT molecular complexity index is 1030. The highest BCUT2D eigenvalue weighted by Gasteiger charge is 2.16. The van der Waals surface area contributed by atoms with Crippen molar-refractivity contribution in [1.29, 1.82) is 0 Å². The molecule has 2 N–H and O–H groups in total. The molecule has 3 rings (SSSR count). The van der Waals surface area contributed by atoms with E-state index >= 15 is 0 Å². The van der Waals surface area contributed by atoms with E-state index in [2.05, 4.69) is 38.1 Å². The van der Waals surface area contributed by atoms with Gasteiger partial charge in [-0.3, -0.25) is 0 Å². The Morgan fingerprint density at radius 1 is 1.35 bits per heavy atom. The molecule has 0 aliphatic heterocycles. The van der Waals surface area contributed by atoms with Gasteiger partial charge in [0.2, 0.25) is 11.0 Å². The number of azo groups is 1. The third-order valence-corrected chi connectivity index (χ3v) is 4.32. The number of allylic oxidation sites excluding steroid dienone is 1. The Balaban J connectivity index is 1.95. The number of halogens is 2. The molecular formula is C18H14BrFN4OS. The lowest BCUT2D eigenvalue weighted by atomic mass is 10.2. The van der Waals surface area contributed by atoms with E-state index in [0.717, 1.165) is 9.99 Å². The number of aromatic hydroxyl groups is 1. The molecule has 0 spiro atoms. The zero-order chi connectivity index (χ0) is 18.7. The van der Waals surface area contributed by atoms with Crippen LogP contribution in [0.3, 0.4) is 0 Å². The van der Waals surface area contributed by atoms with Gasteiger partial charge in [0.1, 0.15) is 5.82 Å². The smallest absolute Gasteiger partial charge is 0.221 e. The summed E-state index contributed by atoms with van der Waals surface area (Å²) in [5.41, 5.74) is 1.27. The van der Waals surface area contributed by atoms with Crippen molar-refractivity contribution in [3.63, 3.8) is 0 Å². The monoisotopic (exact) mass is 432 g/mol. The first-order valence-electron chi connectivity index (χ1n) is 7.60. The van der Waals surface area contributed by atoms with Crippen molar-refractivity contribution in [2.75, 3.05) is 5.32 Å². The number of hydrogen-bond acceptors (Lipinski definition) is 3. The Labute approximate surface area is 163 Å². The highest BCUT2D eigenvalue weighted by Crippen LogP contribution is 2.40. The van der Waals surface area contributed by atoms with Gasteiger partial charge < -0.3 is 15.0 Å². The molecule has 3 aromatic rings. The van der Waals surface area contributed by atoms with E-state index in [1.54, 1.807) is 28.8 Å². The van der Waals surface area contributed by atoms with E-state index in [4.69, 9.17) is 12.2 Å². The van der Waals surface area contributed by atoms with Crippen molar-refractivity contribution in [1.82, 2.24) is 4.57 Å². The fraction of sp³-hybridized carbons (Fsp3) is 0.0556. The molecule has 0 aliphatic rings. The Kier molecular flexibility index (Phi) is 5.43. The summed E-state index contributed by atoms with van der Waals surface area (Å²) < 4.78 is 16.2. The molecule has 5 nitrogen and oxygen atoms in total. The number of benzene rings is 2. The van der Waals surface area contributed by atoms with Gasteiger partial charge in [-0.1, -0.05) is 34.1 Å². The molecule has 132 valence electrons. The average Bonchev–Trinajstić information content (AvgIpc) is 2.87. The molecule has 0 unspecified atom stereocenters. The number of nitrogens with one attached hydrogen (secondary N) is 1. The van der Waals surface area contributed by atoms with E-state index in [-0.39, 0.29) is 22.4 Å². The fourth-order valence-electron chi connectivity index (χ4n) is 2.51. The number of rotatable bonds is 4. The summed E-state index contributed by atoms with van der Waals surface area (Å²) in [4.78, 5) is 0. The van der Waals surface area contributed by atoms with Crippen LogP contribution in [-0.2, 0) is 6.54 Å². The van der Waals surface area contributed by atoms with Gasteiger partial charge in [0.25, 0.3) is 0 Å². The second-order valence-electron chi connectivity index (χ2n) is 5.34. The van der Waals surface area contributed by atoms with Gasteiger partial charge >= 0.3 is 0 Å². The average molecular weight is 433 g/mol. The van der Waals surface area contributed by atoms with Crippen molar-refractivity contribution in [2.45, 2.75) is 6.54 Å². The summed E-state index contributed by atoms with van der Waals surface area (Å²) in [7, 11) is 0. The van der Waals surface area contributed by atoms with Crippen LogP contribution < -0.4 is 5.32 Å². The third kappa shape index (κ3) is 3.66. The molecule has 0 atom stereocenters. The molecule has 2 aromatic carbocycles. The standard InChI is InChI=1S/C18H14BrFN4OS/c1-2-9-24-15-8-7-11(19)10-12(15)16(17(24)25)22-23-18(26)21-14-6-4-3-5-13(14)20/h2-8,10,25H,1,9H2,(H,21,26). The molecule has 0 amide bonds. The number of anilines is 1. The van der Waals surface area contributed by atoms with E-state index in [9.17, 15) is 9.50 Å². The number of thiocarbonyl (C=S) groups is 1. The Hall–Kier alpha value is -2.58. The highest BCUT2D eigenvalue weighted by molar-refractivity contribution is 9.10. The summed E-state index contributed by atoms with van der Waals surface area (Å²) >= 11 is 8.50. The van der Waals surface area contributed by atoms with Gasteiger partial charge in [0.05, 0.1) is 11.2 Å². The number of hydrogen-bond donors (Lipinski definition) is 2. The van der Waals surface area contributed by atoms with Crippen LogP contribution in [0.1, 0.15) is 0 Å². The maximum Gasteiger partial charge on any atom is 0.221 e. The van der Waals surface area contributed by atoms with Crippen molar-refractivity contribution in [3.8, 4) is 5.88 Å². The van der Waals surface area contributed by atoms with E-state index in [1.807, 2.05) is 18.2 Å². The topological polar surface area (TPSA) is 61.9 Å². The van der Waals surface area contributed by atoms with Crippen molar-refractivity contribution in [3.05, 3.63) is 65.4 Å². The van der Waals surface area contributed by atoms with Gasteiger partial charge in [0, 0.05) is 16.4 Å². The molecule has 26 heavy (non-hydrogen) atoms. The van der Waals surface area contributed by atoms with Crippen LogP contribution in [0.2, 0.25) is 0 Å². The quantitative estimate of drug-likeness (QED) is 0.305. The maximum absolute atomic E-state index is 13.7. The van der Waals surface area contributed by atoms with E-state index in [1.165, 1.54) is 6.07 Å². The summed E-state index contributed by atoms with van der Waals surface area (Å²) in [6.07, 6.45) is 1.67. The minimum atomic E-state index is -0.445. The lowest BCUT2D eigenvalue weighted by molar-refractivity contribution is 0.431. The van der Waals surface area contributed by atoms with E-state index < -0.39 is 5.82 Å². The first kappa shape index (κ1) is 18.2. The van der Waals surface area contributed by atoms with Crippen LogP contribution in [0.5, 0.6) is 5.88 Å². The number of aromatic nitrogens is 1. The summed E-state index contributed by atoms with van der Waals surface area (Å²) in [6.45, 7) is 4.11. The minimum absolute atomic E-state index is 0.0193. The first-order chi connectivity index (χ1) is 12.5. The second-order valence-corrected chi connectivity index (χ2v) is 6.65. The van der Waals surface area contributed by atoms with Crippen LogP contribution in [0.25, 0.3) is 10.9 Å². The molecule has 0 saturated carbocycles. The van der Waals surface area contributed by atoms with Crippen molar-refractivity contribution < 1.29 is 9.50 Å². The first-order valence-corrected chi connectivity index (χ1v) is 8.80. The highest BCUT2D eigenvalue weighted by atomic mass is 79.9. The van der Waals surface area contributed by atoms with Gasteiger partial charge in [0.15, 0.2) is 5.69 Å². The number of nitrogens with zero attached hydrogens (tertiary/aromatic N) is 3. The molecule has 0 saturated heterocycles. The number of para-hydroxylation sites is 1. The summed E-state index contributed by atoms with van der Waals surface area (Å²) in [5.74, 6) is -0.491. The molecule has 8 heteroatoms. The molecule has 1 heterocycles. The molecule has 0 fully saturated rings. The maximum atomic E-state index is 13.7. The van der Waals surface area contributed by atoms with Crippen LogP contribution in [0.4, 0.5) is 15.8 Å². The molecular weight excluding hydrogens is 419 g/mol. The van der Waals surface area contributed by atoms with Gasteiger partial charge in [-0.05, 0) is 42.5 Å².